The predicted molar refractivity (Wildman–Crippen MR) is 110 cm³/mol. The lowest BCUT2D eigenvalue weighted by Gasteiger charge is -2.28. The van der Waals surface area contributed by atoms with Crippen molar-refractivity contribution in [2.75, 3.05) is 16.4 Å². The molecular formula is C20H21FN2O2S2. The summed E-state index contributed by atoms with van der Waals surface area (Å²) < 4.78 is 37.8. The van der Waals surface area contributed by atoms with Crippen molar-refractivity contribution < 1.29 is 12.8 Å². The summed E-state index contributed by atoms with van der Waals surface area (Å²) in [4.78, 5) is 6.83. The maximum Gasteiger partial charge on any atom is 0.164 e. The second kappa shape index (κ2) is 6.95. The Bertz CT molecular complexity index is 1020. The molecule has 0 spiro atoms. The Morgan fingerprint density at radius 1 is 1.19 bits per heavy atom. The summed E-state index contributed by atoms with van der Waals surface area (Å²) in [6, 6.07) is 12.3. The number of fused-ring (bicyclic) bond motifs is 1. The van der Waals surface area contributed by atoms with Crippen LogP contribution in [0.15, 0.2) is 47.5 Å². The highest BCUT2D eigenvalue weighted by Crippen LogP contribution is 2.37. The van der Waals surface area contributed by atoms with Crippen LogP contribution in [0.1, 0.15) is 16.7 Å². The van der Waals surface area contributed by atoms with E-state index in [0.29, 0.717) is 5.75 Å². The van der Waals surface area contributed by atoms with Crippen LogP contribution in [-0.4, -0.2) is 37.2 Å². The molecular weight excluding hydrogens is 383 g/mol. The summed E-state index contributed by atoms with van der Waals surface area (Å²) in [5, 5.41) is 0.817. The van der Waals surface area contributed by atoms with E-state index in [9.17, 15) is 12.8 Å². The maximum atomic E-state index is 13.5. The monoisotopic (exact) mass is 404 g/mol. The van der Waals surface area contributed by atoms with E-state index in [4.69, 9.17) is 4.99 Å². The van der Waals surface area contributed by atoms with Crippen LogP contribution < -0.4 is 4.90 Å². The Kier molecular flexibility index (Phi) is 4.76. The molecule has 27 heavy (non-hydrogen) atoms. The number of sulfone groups is 1. The summed E-state index contributed by atoms with van der Waals surface area (Å²) in [6.45, 7) is 4.05. The second-order valence-electron chi connectivity index (χ2n) is 7.20. The van der Waals surface area contributed by atoms with Gasteiger partial charge in [-0.2, -0.15) is 0 Å². The van der Waals surface area contributed by atoms with Crippen molar-refractivity contribution in [1.29, 1.82) is 0 Å². The standard InChI is InChI=1S/C20H21FN2O2S2/c1-13-6-7-14(2)18(8-13)23-19-12-27(24,25)11-17(19)22-20(23)26-10-15-4-3-5-16(21)9-15/h3-9,17,19H,10-12H2,1-2H3/t17-,19-/m0/s1. The zero-order valence-electron chi connectivity index (χ0n) is 15.2. The molecule has 0 saturated carbocycles. The van der Waals surface area contributed by atoms with Crippen molar-refractivity contribution in [2.24, 2.45) is 4.99 Å². The van der Waals surface area contributed by atoms with Gasteiger partial charge in [0.15, 0.2) is 15.0 Å². The van der Waals surface area contributed by atoms with Gasteiger partial charge in [-0.15, -0.1) is 0 Å². The van der Waals surface area contributed by atoms with Crippen molar-refractivity contribution in [2.45, 2.75) is 31.7 Å². The smallest absolute Gasteiger partial charge is 0.164 e. The third-order valence-corrected chi connectivity index (χ3v) is 7.73. The molecule has 0 N–H and O–H groups in total. The van der Waals surface area contributed by atoms with Gasteiger partial charge >= 0.3 is 0 Å². The van der Waals surface area contributed by atoms with Crippen LogP contribution in [0.3, 0.4) is 0 Å². The van der Waals surface area contributed by atoms with E-state index in [1.807, 2.05) is 19.9 Å². The maximum absolute atomic E-state index is 13.5. The molecule has 0 aliphatic carbocycles. The molecule has 0 unspecified atom stereocenters. The first-order chi connectivity index (χ1) is 12.8. The molecule has 1 fully saturated rings. The highest BCUT2D eigenvalue weighted by Gasteiger charge is 2.47. The van der Waals surface area contributed by atoms with E-state index in [-0.39, 0.29) is 29.4 Å². The molecule has 7 heteroatoms. The molecule has 2 atom stereocenters. The number of anilines is 1. The minimum Gasteiger partial charge on any atom is -0.315 e. The van der Waals surface area contributed by atoms with Crippen molar-refractivity contribution in [3.8, 4) is 0 Å². The van der Waals surface area contributed by atoms with Crippen LogP contribution in [-0.2, 0) is 15.6 Å². The predicted octanol–water partition coefficient (Wildman–Crippen LogP) is 3.72. The van der Waals surface area contributed by atoms with Gasteiger partial charge in [-0.05, 0) is 48.7 Å². The number of aliphatic imine (C=N–C) groups is 1. The van der Waals surface area contributed by atoms with Gasteiger partial charge in [0.2, 0.25) is 0 Å². The minimum atomic E-state index is -3.07. The van der Waals surface area contributed by atoms with E-state index in [1.165, 1.54) is 23.9 Å². The van der Waals surface area contributed by atoms with Gasteiger partial charge in [0.1, 0.15) is 5.82 Å². The second-order valence-corrected chi connectivity index (χ2v) is 10.3. The van der Waals surface area contributed by atoms with Crippen LogP contribution in [0.25, 0.3) is 0 Å². The molecule has 4 nitrogen and oxygen atoms in total. The van der Waals surface area contributed by atoms with Crippen LogP contribution in [0.5, 0.6) is 0 Å². The zero-order valence-corrected chi connectivity index (χ0v) is 16.9. The van der Waals surface area contributed by atoms with Crippen LogP contribution in [0, 0.1) is 19.7 Å². The number of hydrogen-bond donors (Lipinski definition) is 0. The Labute approximate surface area is 163 Å². The number of aryl methyl sites for hydroxylation is 2. The number of halogens is 1. The molecule has 0 bridgehead atoms. The Morgan fingerprint density at radius 3 is 2.78 bits per heavy atom. The minimum absolute atomic E-state index is 0.100. The molecule has 0 radical (unpaired) electrons. The number of nitrogens with zero attached hydrogens (tertiary/aromatic N) is 2. The Morgan fingerprint density at radius 2 is 2.00 bits per heavy atom. The molecule has 1 saturated heterocycles. The fourth-order valence-corrected chi connectivity index (χ4v) is 6.57. The van der Waals surface area contributed by atoms with Crippen molar-refractivity contribution in [1.82, 2.24) is 0 Å². The van der Waals surface area contributed by atoms with Crippen molar-refractivity contribution in [3.63, 3.8) is 0 Å². The molecule has 4 rings (SSSR count). The molecule has 2 heterocycles. The molecule has 0 aromatic heterocycles. The summed E-state index contributed by atoms with van der Waals surface area (Å²) >= 11 is 1.53. The number of rotatable bonds is 3. The quantitative estimate of drug-likeness (QED) is 0.782. The fourth-order valence-electron chi connectivity index (χ4n) is 3.67. The highest BCUT2D eigenvalue weighted by atomic mass is 32.2. The fraction of sp³-hybridized carbons (Fsp3) is 0.350. The summed E-state index contributed by atoms with van der Waals surface area (Å²) in [5.74, 6) is 0.557. The Hall–Kier alpha value is -1.86. The summed E-state index contributed by atoms with van der Waals surface area (Å²) in [6.07, 6.45) is 0. The summed E-state index contributed by atoms with van der Waals surface area (Å²) in [7, 11) is -3.07. The molecule has 2 aliphatic heterocycles. The SMILES string of the molecule is Cc1ccc(C)c(N2C(SCc3cccc(F)c3)=N[C@H]3CS(=O)(=O)C[C@@H]32)c1. The molecule has 2 aromatic rings. The molecule has 2 aromatic carbocycles. The van der Waals surface area contributed by atoms with Gasteiger partial charge in [-0.3, -0.25) is 4.99 Å². The Balaban J connectivity index is 1.66. The largest absolute Gasteiger partial charge is 0.315 e. The first-order valence-corrected chi connectivity index (χ1v) is 11.6. The van der Waals surface area contributed by atoms with Crippen LogP contribution in [0.2, 0.25) is 0 Å². The third kappa shape index (κ3) is 3.75. The van der Waals surface area contributed by atoms with Gasteiger partial charge in [0, 0.05) is 11.4 Å². The first kappa shape index (κ1) is 18.5. The molecule has 2 aliphatic rings. The number of thioether (sulfide) groups is 1. The van der Waals surface area contributed by atoms with Crippen LogP contribution >= 0.6 is 11.8 Å². The van der Waals surface area contributed by atoms with Gasteiger partial charge in [0.25, 0.3) is 0 Å². The third-order valence-electron chi connectivity index (χ3n) is 4.99. The van der Waals surface area contributed by atoms with E-state index >= 15 is 0 Å². The van der Waals surface area contributed by atoms with Gasteiger partial charge in [-0.1, -0.05) is 36.0 Å². The van der Waals surface area contributed by atoms with Crippen molar-refractivity contribution in [3.05, 3.63) is 65.0 Å². The van der Waals surface area contributed by atoms with Gasteiger partial charge in [-0.25, -0.2) is 12.8 Å². The molecule has 142 valence electrons. The zero-order chi connectivity index (χ0) is 19.2. The van der Waals surface area contributed by atoms with E-state index in [1.54, 1.807) is 6.07 Å². The highest BCUT2D eigenvalue weighted by molar-refractivity contribution is 8.13. The number of benzene rings is 2. The van der Waals surface area contributed by atoms with Gasteiger partial charge < -0.3 is 4.90 Å². The number of hydrogen-bond acceptors (Lipinski definition) is 5. The van der Waals surface area contributed by atoms with Crippen molar-refractivity contribution >= 4 is 32.5 Å². The average Bonchev–Trinajstić information content (AvgIpc) is 3.06. The molecule has 0 amide bonds. The van der Waals surface area contributed by atoms with E-state index < -0.39 is 9.84 Å². The van der Waals surface area contributed by atoms with Gasteiger partial charge in [0.05, 0.1) is 23.6 Å². The van der Waals surface area contributed by atoms with E-state index in [2.05, 4.69) is 23.1 Å². The average molecular weight is 405 g/mol. The normalized spacial score (nSPS) is 23.4. The van der Waals surface area contributed by atoms with E-state index in [0.717, 1.165) is 27.5 Å². The number of amidine groups is 1. The lowest BCUT2D eigenvalue weighted by molar-refractivity contribution is 0.601. The lowest BCUT2D eigenvalue weighted by atomic mass is 10.1. The summed E-state index contributed by atoms with van der Waals surface area (Å²) in [5.41, 5.74) is 4.09. The lowest BCUT2D eigenvalue weighted by Crippen LogP contribution is -2.39. The topological polar surface area (TPSA) is 49.7 Å². The van der Waals surface area contributed by atoms with Crippen LogP contribution in [0.4, 0.5) is 10.1 Å². The first-order valence-electron chi connectivity index (χ1n) is 8.84.